The van der Waals surface area contributed by atoms with Gasteiger partial charge in [0.25, 0.3) is 0 Å². The van der Waals surface area contributed by atoms with Crippen molar-refractivity contribution < 1.29 is 0 Å². The first-order chi connectivity index (χ1) is 5.25. The van der Waals surface area contributed by atoms with Gasteiger partial charge in [-0.25, -0.2) is 0 Å². The zero-order valence-corrected chi connectivity index (χ0v) is 9.47. The molecule has 0 radical (unpaired) electrons. The Morgan fingerprint density at radius 1 is 1.45 bits per heavy atom. The molecule has 0 saturated carbocycles. The molecule has 0 spiro atoms. The van der Waals surface area contributed by atoms with Crippen LogP contribution in [0.1, 0.15) is 12.5 Å². The maximum absolute atomic E-state index is 5.84. The van der Waals surface area contributed by atoms with E-state index < -0.39 is 8.25 Å². The van der Waals surface area contributed by atoms with Crippen LogP contribution in [0, 0.1) is 0 Å². The van der Waals surface area contributed by atoms with Crippen LogP contribution in [0.25, 0.3) is 0 Å². The molecule has 0 aliphatic rings. The minimum Gasteiger partial charge on any atom is -0.285 e. The molecule has 1 nitrogen and oxygen atoms in total. The molecule has 0 bridgehead atoms. The van der Waals surface area contributed by atoms with Crippen molar-refractivity contribution in [3.8, 4) is 0 Å². The first-order valence-electron chi connectivity index (χ1n) is 3.54. The third-order valence-corrected chi connectivity index (χ3v) is 4.06. The second-order valence-corrected chi connectivity index (χ2v) is 6.52. The van der Waals surface area contributed by atoms with E-state index in [0.29, 0.717) is 0 Å². The van der Waals surface area contributed by atoms with Crippen LogP contribution < -0.4 is 5.14 Å². The lowest BCUT2D eigenvalue weighted by Crippen LogP contribution is -1.91. The van der Waals surface area contributed by atoms with Gasteiger partial charge in [-0.1, -0.05) is 25.1 Å². The zero-order valence-electron chi connectivity index (χ0n) is 6.42. The van der Waals surface area contributed by atoms with Crippen LogP contribution >= 0.6 is 29.5 Å². The van der Waals surface area contributed by atoms with Crippen LogP contribution in [0.2, 0.25) is 0 Å². The van der Waals surface area contributed by atoms with Gasteiger partial charge in [-0.05, 0) is 39.3 Å². The minimum absolute atomic E-state index is 0.452. The topological polar surface area (TPSA) is 26.0 Å². The molecule has 0 amide bonds. The SMILES string of the molecule is CCc1ccccc1[SH](N)I. The zero-order chi connectivity index (χ0) is 8.27. The molecular formula is C8H12INS. The Labute approximate surface area is 82.4 Å². The van der Waals surface area contributed by atoms with Gasteiger partial charge in [-0.2, -0.15) is 0 Å². The van der Waals surface area contributed by atoms with E-state index in [4.69, 9.17) is 5.14 Å². The highest BCUT2D eigenvalue weighted by molar-refractivity contribution is 14.2. The Balaban J connectivity index is 3.02. The lowest BCUT2D eigenvalue weighted by Gasteiger charge is -2.11. The molecule has 0 heterocycles. The number of rotatable bonds is 2. The average Bonchev–Trinajstić information content (AvgIpc) is 2.04. The fraction of sp³-hybridized carbons (Fsp3) is 0.250. The fourth-order valence-corrected chi connectivity index (χ4v) is 3.17. The molecule has 11 heavy (non-hydrogen) atoms. The van der Waals surface area contributed by atoms with Crippen molar-refractivity contribution >= 4 is 29.5 Å². The predicted octanol–water partition coefficient (Wildman–Crippen LogP) is 2.83. The second-order valence-electron chi connectivity index (χ2n) is 2.29. The highest BCUT2D eigenvalue weighted by Gasteiger charge is 2.01. The third kappa shape index (κ3) is 2.35. The summed E-state index contributed by atoms with van der Waals surface area (Å²) in [5.41, 5.74) is 1.38. The van der Waals surface area contributed by atoms with Gasteiger partial charge in [0, 0.05) is 4.90 Å². The molecule has 0 aromatic heterocycles. The average molecular weight is 281 g/mol. The van der Waals surface area contributed by atoms with Gasteiger partial charge in [-0.15, -0.1) is 8.25 Å². The third-order valence-electron chi connectivity index (χ3n) is 1.60. The normalized spacial score (nSPS) is 14.6. The molecule has 0 aliphatic carbocycles. The Kier molecular flexibility index (Phi) is 3.68. The van der Waals surface area contributed by atoms with Gasteiger partial charge in [0.2, 0.25) is 0 Å². The molecule has 1 rings (SSSR count). The van der Waals surface area contributed by atoms with Crippen molar-refractivity contribution in [1.29, 1.82) is 0 Å². The molecular weight excluding hydrogens is 269 g/mol. The van der Waals surface area contributed by atoms with Crippen molar-refractivity contribution in [1.82, 2.24) is 0 Å². The van der Waals surface area contributed by atoms with E-state index in [2.05, 4.69) is 52.4 Å². The number of benzene rings is 1. The quantitative estimate of drug-likeness (QED) is 0.632. The molecule has 1 atom stereocenters. The largest absolute Gasteiger partial charge is 0.285 e. The van der Waals surface area contributed by atoms with Crippen molar-refractivity contribution in [2.75, 3.05) is 0 Å². The molecule has 62 valence electrons. The summed E-state index contributed by atoms with van der Waals surface area (Å²) >= 11 is 2.30. The number of aryl methyl sites for hydroxylation is 1. The van der Waals surface area contributed by atoms with Crippen LogP contribution in [0.5, 0.6) is 0 Å². The summed E-state index contributed by atoms with van der Waals surface area (Å²) in [6, 6.07) is 8.39. The first-order valence-corrected chi connectivity index (χ1v) is 7.74. The molecule has 0 aliphatic heterocycles. The summed E-state index contributed by atoms with van der Waals surface area (Å²) in [7, 11) is -0.452. The first kappa shape index (κ1) is 9.35. The van der Waals surface area contributed by atoms with Crippen molar-refractivity contribution in [2.24, 2.45) is 5.14 Å². The van der Waals surface area contributed by atoms with Gasteiger partial charge in [-0.3, -0.25) is 5.14 Å². The van der Waals surface area contributed by atoms with Crippen LogP contribution in [0.3, 0.4) is 0 Å². The van der Waals surface area contributed by atoms with E-state index in [1.54, 1.807) is 0 Å². The van der Waals surface area contributed by atoms with Crippen molar-refractivity contribution in [3.63, 3.8) is 0 Å². The van der Waals surface area contributed by atoms with Gasteiger partial charge < -0.3 is 0 Å². The van der Waals surface area contributed by atoms with E-state index in [9.17, 15) is 0 Å². The van der Waals surface area contributed by atoms with Gasteiger partial charge in [0.05, 0.1) is 0 Å². The van der Waals surface area contributed by atoms with Crippen LogP contribution in [-0.4, -0.2) is 0 Å². The highest BCUT2D eigenvalue weighted by atomic mass is 127. The van der Waals surface area contributed by atoms with E-state index in [1.807, 2.05) is 0 Å². The molecule has 1 unspecified atom stereocenters. The standard InChI is InChI=1S/C8H12INS/c1-2-7-5-3-4-6-8(7)11(9)10/h3-6,11H,2,10H2,1H3. The lowest BCUT2D eigenvalue weighted by molar-refractivity contribution is 1.08. The van der Waals surface area contributed by atoms with Crippen molar-refractivity contribution in [3.05, 3.63) is 29.8 Å². The summed E-state index contributed by atoms with van der Waals surface area (Å²) < 4.78 is 0. The monoisotopic (exact) mass is 281 g/mol. The summed E-state index contributed by atoms with van der Waals surface area (Å²) in [4.78, 5) is 1.32. The van der Waals surface area contributed by atoms with Crippen molar-refractivity contribution in [2.45, 2.75) is 18.2 Å². The Morgan fingerprint density at radius 2 is 2.09 bits per heavy atom. The van der Waals surface area contributed by atoms with Crippen LogP contribution in [0.15, 0.2) is 29.2 Å². The summed E-state index contributed by atoms with van der Waals surface area (Å²) in [6.07, 6.45) is 1.08. The van der Waals surface area contributed by atoms with Gasteiger partial charge in [0.15, 0.2) is 0 Å². The second kappa shape index (κ2) is 4.33. The number of thiol groups is 1. The van der Waals surface area contributed by atoms with E-state index in [-0.39, 0.29) is 0 Å². The van der Waals surface area contributed by atoms with E-state index >= 15 is 0 Å². The molecule has 1 aromatic rings. The fourth-order valence-electron chi connectivity index (χ4n) is 1.02. The molecule has 3 heteroatoms. The van der Waals surface area contributed by atoms with E-state index in [1.165, 1.54) is 10.5 Å². The lowest BCUT2D eigenvalue weighted by atomic mass is 10.2. The maximum Gasteiger partial charge on any atom is 0.0115 e. The van der Waals surface area contributed by atoms with Gasteiger partial charge in [0.1, 0.15) is 0 Å². The molecule has 0 fully saturated rings. The van der Waals surface area contributed by atoms with Crippen LogP contribution in [-0.2, 0) is 6.42 Å². The summed E-state index contributed by atoms with van der Waals surface area (Å²) in [5.74, 6) is 0. The number of halogens is 1. The minimum atomic E-state index is -0.452. The smallest absolute Gasteiger partial charge is 0.0115 e. The summed E-state index contributed by atoms with van der Waals surface area (Å²) in [6.45, 7) is 2.16. The van der Waals surface area contributed by atoms with Crippen LogP contribution in [0.4, 0.5) is 0 Å². The van der Waals surface area contributed by atoms with Gasteiger partial charge >= 0.3 is 0 Å². The maximum atomic E-state index is 5.84. The predicted molar refractivity (Wildman–Crippen MR) is 61.3 cm³/mol. The molecule has 0 saturated heterocycles. The Bertz CT molecular complexity index is 237. The highest BCUT2D eigenvalue weighted by Crippen LogP contribution is 2.38. The molecule has 2 N–H and O–H groups in total. The molecule has 1 aromatic carbocycles. The number of hydrogen-bond donors (Lipinski definition) is 2. The Hall–Kier alpha value is 0.260. The Morgan fingerprint density at radius 3 is 2.55 bits per heavy atom. The number of nitrogens with two attached hydrogens (primary N) is 1. The number of hydrogen-bond acceptors (Lipinski definition) is 1. The summed E-state index contributed by atoms with van der Waals surface area (Å²) in [5, 5.41) is 5.84. The van der Waals surface area contributed by atoms with E-state index in [0.717, 1.165) is 6.42 Å².